The molecule has 0 aliphatic carbocycles. The molecule has 2 amide bonds. The third-order valence-corrected chi connectivity index (χ3v) is 5.47. The number of aromatic nitrogens is 2. The average Bonchev–Trinajstić information content (AvgIpc) is 3.23. The molecule has 3 heterocycles. The summed E-state index contributed by atoms with van der Waals surface area (Å²) in [6.45, 7) is 8.54. The number of amides is 2. The molecule has 2 fully saturated rings. The minimum absolute atomic E-state index is 0.0669. The highest BCUT2D eigenvalue weighted by atomic mass is 16.2. The lowest BCUT2D eigenvalue weighted by Gasteiger charge is -2.33. The summed E-state index contributed by atoms with van der Waals surface area (Å²) in [5.74, 6) is 0. The molecule has 7 nitrogen and oxygen atoms in total. The summed E-state index contributed by atoms with van der Waals surface area (Å²) in [4.78, 5) is 19.5. The molecule has 0 spiro atoms. The summed E-state index contributed by atoms with van der Waals surface area (Å²) < 4.78 is 1.81. The van der Waals surface area contributed by atoms with Crippen molar-refractivity contribution < 1.29 is 4.79 Å². The van der Waals surface area contributed by atoms with Crippen LogP contribution in [0.2, 0.25) is 0 Å². The molecule has 25 heavy (non-hydrogen) atoms. The molecule has 0 radical (unpaired) electrons. The van der Waals surface area contributed by atoms with Gasteiger partial charge in [-0.25, -0.2) is 4.79 Å². The van der Waals surface area contributed by atoms with Crippen molar-refractivity contribution in [1.29, 1.82) is 0 Å². The molecule has 0 aromatic carbocycles. The van der Waals surface area contributed by atoms with Crippen LogP contribution in [0, 0.1) is 0 Å². The minimum atomic E-state index is 0.0669. The zero-order chi connectivity index (χ0) is 17.8. The van der Waals surface area contributed by atoms with Crippen LogP contribution < -0.4 is 5.32 Å². The molecule has 2 aliphatic rings. The molecule has 0 saturated carbocycles. The Morgan fingerprint density at radius 2 is 2.04 bits per heavy atom. The second kappa shape index (κ2) is 8.19. The quantitative estimate of drug-likeness (QED) is 0.871. The van der Waals surface area contributed by atoms with Crippen molar-refractivity contribution in [3.05, 3.63) is 18.0 Å². The van der Waals surface area contributed by atoms with E-state index in [0.717, 1.165) is 64.1 Å². The van der Waals surface area contributed by atoms with Crippen LogP contribution >= 0.6 is 0 Å². The lowest BCUT2D eigenvalue weighted by molar-refractivity contribution is 0.148. The van der Waals surface area contributed by atoms with Crippen molar-refractivity contribution in [3.8, 4) is 0 Å². The van der Waals surface area contributed by atoms with Gasteiger partial charge in [0, 0.05) is 64.1 Å². The van der Waals surface area contributed by atoms with Crippen LogP contribution in [0.25, 0.3) is 0 Å². The lowest BCUT2D eigenvalue weighted by atomic mass is 10.1. The van der Waals surface area contributed by atoms with E-state index in [9.17, 15) is 4.79 Å². The van der Waals surface area contributed by atoms with E-state index < -0.39 is 0 Å². The fraction of sp³-hybridized carbons (Fsp3) is 0.778. The predicted molar refractivity (Wildman–Crippen MR) is 98.4 cm³/mol. The SMILES string of the molecule is C[C@@H](CCN1CCN(C)CC1)NC(=O)N1CCC[C@@H]1c1cnn(C)c1. The van der Waals surface area contributed by atoms with Crippen molar-refractivity contribution in [3.63, 3.8) is 0 Å². The fourth-order valence-electron chi connectivity index (χ4n) is 3.78. The second-order valence-corrected chi connectivity index (χ2v) is 7.58. The molecule has 0 bridgehead atoms. The maximum Gasteiger partial charge on any atom is 0.318 e. The Kier molecular flexibility index (Phi) is 5.96. The Bertz CT molecular complexity index is 566. The summed E-state index contributed by atoms with van der Waals surface area (Å²) in [6.07, 6.45) is 6.98. The number of likely N-dealkylation sites (N-methyl/N-ethyl adjacent to an activating group) is 1. The Morgan fingerprint density at radius 1 is 1.28 bits per heavy atom. The van der Waals surface area contributed by atoms with Crippen molar-refractivity contribution in [2.75, 3.05) is 46.3 Å². The van der Waals surface area contributed by atoms with Gasteiger partial charge in [-0.1, -0.05) is 0 Å². The van der Waals surface area contributed by atoms with Crippen LogP contribution in [-0.2, 0) is 7.05 Å². The molecule has 1 aromatic heterocycles. The van der Waals surface area contributed by atoms with Gasteiger partial charge in [0.1, 0.15) is 0 Å². The summed E-state index contributed by atoms with van der Waals surface area (Å²) >= 11 is 0. The number of nitrogens with zero attached hydrogens (tertiary/aromatic N) is 5. The van der Waals surface area contributed by atoms with Gasteiger partial charge < -0.3 is 20.0 Å². The van der Waals surface area contributed by atoms with Gasteiger partial charge in [0.25, 0.3) is 0 Å². The normalized spacial score (nSPS) is 23.8. The van der Waals surface area contributed by atoms with Crippen LogP contribution in [0.3, 0.4) is 0 Å². The average molecular weight is 348 g/mol. The highest BCUT2D eigenvalue weighted by Crippen LogP contribution is 2.31. The summed E-state index contributed by atoms with van der Waals surface area (Å²) in [5.41, 5.74) is 1.14. The molecular formula is C18H32N6O. The van der Waals surface area contributed by atoms with Gasteiger partial charge in [0.15, 0.2) is 0 Å². The first kappa shape index (κ1) is 18.2. The number of carbonyl (C=O) groups excluding carboxylic acids is 1. The number of rotatable bonds is 5. The zero-order valence-electron chi connectivity index (χ0n) is 15.8. The number of piperazine rings is 1. The van der Waals surface area contributed by atoms with Gasteiger partial charge in [0.2, 0.25) is 0 Å². The molecule has 1 aromatic rings. The summed E-state index contributed by atoms with van der Waals surface area (Å²) in [6, 6.07) is 0.429. The first-order chi connectivity index (χ1) is 12.0. The van der Waals surface area contributed by atoms with E-state index in [1.165, 1.54) is 0 Å². The van der Waals surface area contributed by atoms with Gasteiger partial charge in [-0.2, -0.15) is 5.10 Å². The van der Waals surface area contributed by atoms with Crippen molar-refractivity contribution in [2.45, 2.75) is 38.3 Å². The zero-order valence-corrected chi connectivity index (χ0v) is 15.8. The molecule has 0 unspecified atom stereocenters. The first-order valence-corrected chi connectivity index (χ1v) is 9.49. The van der Waals surface area contributed by atoms with Crippen molar-refractivity contribution >= 4 is 6.03 Å². The van der Waals surface area contributed by atoms with Crippen LogP contribution in [0.1, 0.15) is 37.8 Å². The smallest absolute Gasteiger partial charge is 0.318 e. The highest BCUT2D eigenvalue weighted by molar-refractivity contribution is 5.75. The maximum atomic E-state index is 12.7. The topological polar surface area (TPSA) is 56.6 Å². The van der Waals surface area contributed by atoms with Crippen LogP contribution in [-0.4, -0.2) is 82.9 Å². The van der Waals surface area contributed by atoms with E-state index in [0.29, 0.717) is 0 Å². The number of aryl methyl sites for hydroxylation is 1. The van der Waals surface area contributed by atoms with Gasteiger partial charge in [-0.05, 0) is 33.2 Å². The molecule has 1 N–H and O–H groups in total. The number of hydrogen-bond acceptors (Lipinski definition) is 4. The number of likely N-dealkylation sites (tertiary alicyclic amines) is 1. The van der Waals surface area contributed by atoms with Crippen LogP contribution in [0.5, 0.6) is 0 Å². The largest absolute Gasteiger partial charge is 0.335 e. The molecule has 7 heteroatoms. The maximum absolute atomic E-state index is 12.7. The molecule has 3 rings (SSSR count). The third-order valence-electron chi connectivity index (χ3n) is 5.47. The van der Waals surface area contributed by atoms with E-state index in [2.05, 4.69) is 34.2 Å². The monoisotopic (exact) mass is 348 g/mol. The van der Waals surface area contributed by atoms with Crippen LogP contribution in [0.15, 0.2) is 12.4 Å². The standard InChI is InChI=1S/C18H32N6O/c1-15(6-8-23-11-9-21(2)10-12-23)20-18(25)24-7-4-5-17(24)16-13-19-22(3)14-16/h13-15,17H,4-12H2,1-3H3,(H,20,25)/t15-,17+/m0/s1. The summed E-state index contributed by atoms with van der Waals surface area (Å²) in [5, 5.41) is 7.45. The van der Waals surface area contributed by atoms with E-state index >= 15 is 0 Å². The number of urea groups is 1. The summed E-state index contributed by atoms with van der Waals surface area (Å²) in [7, 11) is 4.10. The van der Waals surface area contributed by atoms with E-state index in [4.69, 9.17) is 0 Å². The van der Waals surface area contributed by atoms with Crippen molar-refractivity contribution in [2.24, 2.45) is 7.05 Å². The van der Waals surface area contributed by atoms with E-state index in [1.54, 1.807) is 0 Å². The third kappa shape index (κ3) is 4.73. The fourth-order valence-corrected chi connectivity index (χ4v) is 3.78. The predicted octanol–water partition coefficient (Wildman–Crippen LogP) is 1.29. The minimum Gasteiger partial charge on any atom is -0.335 e. The molecule has 2 atom stereocenters. The molecule has 2 aliphatic heterocycles. The Labute approximate surface area is 150 Å². The van der Waals surface area contributed by atoms with Gasteiger partial charge >= 0.3 is 6.03 Å². The highest BCUT2D eigenvalue weighted by Gasteiger charge is 2.31. The second-order valence-electron chi connectivity index (χ2n) is 7.58. The number of nitrogens with one attached hydrogen (secondary N) is 1. The van der Waals surface area contributed by atoms with Gasteiger partial charge in [-0.3, -0.25) is 4.68 Å². The molecule has 140 valence electrons. The Balaban J connectivity index is 1.46. The van der Waals surface area contributed by atoms with Crippen LogP contribution in [0.4, 0.5) is 4.79 Å². The molecular weight excluding hydrogens is 316 g/mol. The van der Waals surface area contributed by atoms with Gasteiger partial charge in [-0.15, -0.1) is 0 Å². The molecule has 2 saturated heterocycles. The number of carbonyl (C=O) groups is 1. The van der Waals surface area contributed by atoms with Gasteiger partial charge in [0.05, 0.1) is 12.2 Å². The Morgan fingerprint density at radius 3 is 2.72 bits per heavy atom. The number of hydrogen-bond donors (Lipinski definition) is 1. The van der Waals surface area contributed by atoms with E-state index in [-0.39, 0.29) is 18.1 Å². The Hall–Kier alpha value is -1.60. The van der Waals surface area contributed by atoms with E-state index in [1.807, 2.05) is 29.0 Å². The first-order valence-electron chi connectivity index (χ1n) is 9.49. The van der Waals surface area contributed by atoms with Crippen molar-refractivity contribution in [1.82, 2.24) is 29.8 Å². The lowest BCUT2D eigenvalue weighted by Crippen LogP contribution is -2.47.